The summed E-state index contributed by atoms with van der Waals surface area (Å²) in [6.45, 7) is 0.166. The number of rotatable bonds is 5. The number of benzene rings is 1. The average Bonchev–Trinajstić information content (AvgIpc) is 2.28. The van der Waals surface area contributed by atoms with Crippen LogP contribution < -0.4 is 9.64 Å². The Morgan fingerprint density at radius 1 is 1.59 bits per heavy atom. The van der Waals surface area contributed by atoms with Gasteiger partial charge in [-0.1, -0.05) is 11.6 Å². The van der Waals surface area contributed by atoms with Crippen LogP contribution in [0.4, 0.5) is 5.69 Å². The van der Waals surface area contributed by atoms with Gasteiger partial charge in [-0.25, -0.2) is 0 Å². The van der Waals surface area contributed by atoms with E-state index in [1.807, 2.05) is 6.07 Å². The predicted molar refractivity (Wildman–Crippen MR) is 66.5 cm³/mol. The SMILES string of the molecule is COc1ccc(N(C)CC(=O)CC#N)c(Cl)c1. The lowest BCUT2D eigenvalue weighted by molar-refractivity contribution is -0.116. The minimum atomic E-state index is -0.137. The number of hydrogen-bond donors (Lipinski definition) is 0. The molecule has 17 heavy (non-hydrogen) atoms. The van der Waals surface area contributed by atoms with Crippen molar-refractivity contribution >= 4 is 23.1 Å². The molecular formula is C12H13ClN2O2. The Morgan fingerprint density at radius 3 is 2.82 bits per heavy atom. The first-order valence-corrected chi connectivity index (χ1v) is 5.39. The summed E-state index contributed by atoms with van der Waals surface area (Å²) < 4.78 is 5.04. The number of nitrogens with zero attached hydrogens (tertiary/aromatic N) is 2. The number of ether oxygens (including phenoxy) is 1. The molecule has 5 heteroatoms. The molecule has 0 amide bonds. The monoisotopic (exact) mass is 252 g/mol. The quantitative estimate of drug-likeness (QED) is 0.807. The van der Waals surface area contributed by atoms with Crippen molar-refractivity contribution in [3.8, 4) is 11.8 Å². The van der Waals surface area contributed by atoms with Crippen LogP contribution in [0, 0.1) is 11.3 Å². The first kappa shape index (κ1) is 13.3. The number of methoxy groups -OCH3 is 1. The van der Waals surface area contributed by atoms with Gasteiger partial charge in [0.05, 0.1) is 36.9 Å². The van der Waals surface area contributed by atoms with Crippen LogP contribution in [0.3, 0.4) is 0 Å². The predicted octanol–water partition coefficient (Wildman–Crippen LogP) is 2.27. The van der Waals surface area contributed by atoms with Crippen LogP contribution in [0.1, 0.15) is 6.42 Å². The van der Waals surface area contributed by atoms with E-state index in [1.165, 1.54) is 0 Å². The number of anilines is 1. The standard InChI is InChI=1S/C12H13ClN2O2/c1-15(8-9(16)5-6-14)12-4-3-10(17-2)7-11(12)13/h3-4,7H,5,8H2,1-2H3. The number of ketones is 1. The Labute approximate surface area is 105 Å². The molecule has 0 heterocycles. The fourth-order valence-corrected chi connectivity index (χ4v) is 1.73. The lowest BCUT2D eigenvalue weighted by atomic mass is 10.2. The fraction of sp³-hybridized carbons (Fsp3) is 0.333. The summed E-state index contributed by atoms with van der Waals surface area (Å²) in [5.74, 6) is 0.525. The molecule has 0 N–H and O–H groups in total. The number of carbonyl (C=O) groups excluding carboxylic acids is 1. The average molecular weight is 253 g/mol. The second-order valence-corrected chi connectivity index (χ2v) is 3.95. The molecule has 0 saturated heterocycles. The molecule has 0 unspecified atom stereocenters. The first-order chi connectivity index (χ1) is 8.08. The maximum atomic E-state index is 11.3. The minimum Gasteiger partial charge on any atom is -0.497 e. The van der Waals surface area contributed by atoms with Crippen LogP contribution in [0.5, 0.6) is 5.75 Å². The number of halogens is 1. The molecule has 90 valence electrons. The third-order valence-corrected chi connectivity index (χ3v) is 2.56. The number of carbonyl (C=O) groups is 1. The molecular weight excluding hydrogens is 240 g/mol. The smallest absolute Gasteiger partial charge is 0.166 e. The molecule has 0 saturated carbocycles. The molecule has 0 aliphatic heterocycles. The summed E-state index contributed by atoms with van der Waals surface area (Å²) in [6.07, 6.45) is -0.0852. The third kappa shape index (κ3) is 3.65. The van der Waals surface area contributed by atoms with Gasteiger partial charge >= 0.3 is 0 Å². The molecule has 1 aromatic rings. The zero-order valence-electron chi connectivity index (χ0n) is 9.74. The molecule has 4 nitrogen and oxygen atoms in total. The summed E-state index contributed by atoms with van der Waals surface area (Å²) in [4.78, 5) is 13.0. The number of nitriles is 1. The summed E-state index contributed by atoms with van der Waals surface area (Å²) in [7, 11) is 3.31. The van der Waals surface area contributed by atoms with Crippen molar-refractivity contribution in [2.45, 2.75) is 6.42 Å². The second-order valence-electron chi connectivity index (χ2n) is 3.55. The maximum absolute atomic E-state index is 11.3. The number of hydrogen-bond acceptors (Lipinski definition) is 4. The Bertz CT molecular complexity index is 454. The molecule has 0 spiro atoms. The lowest BCUT2D eigenvalue weighted by Crippen LogP contribution is -2.25. The van der Waals surface area contributed by atoms with Crippen LogP contribution in [0.2, 0.25) is 5.02 Å². The highest BCUT2D eigenvalue weighted by molar-refractivity contribution is 6.33. The molecule has 0 atom stereocenters. The van der Waals surface area contributed by atoms with Gasteiger partial charge in [0.2, 0.25) is 0 Å². The van der Waals surface area contributed by atoms with Crippen molar-refractivity contribution < 1.29 is 9.53 Å². The van der Waals surface area contributed by atoms with Crippen LogP contribution in [-0.4, -0.2) is 26.5 Å². The largest absolute Gasteiger partial charge is 0.497 e. The highest BCUT2D eigenvalue weighted by Crippen LogP contribution is 2.28. The Morgan fingerprint density at radius 2 is 2.29 bits per heavy atom. The van der Waals surface area contributed by atoms with Gasteiger partial charge in [0, 0.05) is 13.1 Å². The maximum Gasteiger partial charge on any atom is 0.166 e. The number of Topliss-reactive ketones (excluding diaryl/α,β-unsaturated/α-hetero) is 1. The Balaban J connectivity index is 2.79. The van der Waals surface area contributed by atoms with Crippen molar-refractivity contribution in [3.05, 3.63) is 23.2 Å². The van der Waals surface area contributed by atoms with Gasteiger partial charge in [-0.3, -0.25) is 4.79 Å². The molecule has 1 aromatic carbocycles. The molecule has 0 radical (unpaired) electrons. The summed E-state index contributed by atoms with van der Waals surface area (Å²) in [6, 6.07) is 7.06. The van der Waals surface area contributed by atoms with Gasteiger partial charge < -0.3 is 9.64 Å². The highest BCUT2D eigenvalue weighted by Gasteiger charge is 2.10. The van der Waals surface area contributed by atoms with Crippen LogP contribution >= 0.6 is 11.6 Å². The van der Waals surface area contributed by atoms with Gasteiger partial charge in [0.15, 0.2) is 5.78 Å². The first-order valence-electron chi connectivity index (χ1n) is 5.01. The van der Waals surface area contributed by atoms with E-state index in [0.717, 1.165) is 5.69 Å². The van der Waals surface area contributed by atoms with Crippen molar-refractivity contribution in [3.63, 3.8) is 0 Å². The molecule has 0 aliphatic rings. The summed E-state index contributed by atoms with van der Waals surface area (Å²) in [5.41, 5.74) is 0.735. The molecule has 0 fully saturated rings. The minimum absolute atomic E-state index is 0.0852. The Kier molecular flexibility index (Phi) is 4.80. The topological polar surface area (TPSA) is 53.3 Å². The number of likely N-dealkylation sites (N-methyl/N-ethyl adjacent to an activating group) is 1. The van der Waals surface area contributed by atoms with Gasteiger partial charge in [0.25, 0.3) is 0 Å². The van der Waals surface area contributed by atoms with Gasteiger partial charge in [-0.2, -0.15) is 5.26 Å². The van der Waals surface area contributed by atoms with E-state index in [2.05, 4.69) is 0 Å². The van der Waals surface area contributed by atoms with E-state index >= 15 is 0 Å². The van der Waals surface area contributed by atoms with E-state index < -0.39 is 0 Å². The van der Waals surface area contributed by atoms with Gasteiger partial charge in [-0.05, 0) is 12.1 Å². The van der Waals surface area contributed by atoms with E-state index in [0.29, 0.717) is 10.8 Å². The van der Waals surface area contributed by atoms with E-state index in [9.17, 15) is 4.79 Å². The third-order valence-electron chi connectivity index (χ3n) is 2.26. The molecule has 1 rings (SSSR count). The fourth-order valence-electron chi connectivity index (χ4n) is 1.42. The summed E-state index contributed by atoms with van der Waals surface area (Å²) >= 11 is 6.07. The lowest BCUT2D eigenvalue weighted by Gasteiger charge is -2.19. The zero-order valence-corrected chi connectivity index (χ0v) is 10.5. The van der Waals surface area contributed by atoms with E-state index in [-0.39, 0.29) is 18.7 Å². The Hall–Kier alpha value is -1.73. The van der Waals surface area contributed by atoms with Crippen molar-refractivity contribution in [1.29, 1.82) is 5.26 Å². The van der Waals surface area contributed by atoms with Crippen LogP contribution in [0.25, 0.3) is 0 Å². The van der Waals surface area contributed by atoms with E-state index in [1.54, 1.807) is 37.3 Å². The van der Waals surface area contributed by atoms with Crippen LogP contribution in [-0.2, 0) is 4.79 Å². The normalized spacial score (nSPS) is 9.53. The summed E-state index contributed by atoms with van der Waals surface area (Å²) in [5, 5.41) is 8.92. The van der Waals surface area contributed by atoms with Gasteiger partial charge in [-0.15, -0.1) is 0 Å². The molecule has 0 aromatic heterocycles. The van der Waals surface area contributed by atoms with Crippen molar-refractivity contribution in [1.82, 2.24) is 0 Å². The molecule has 0 aliphatic carbocycles. The van der Waals surface area contributed by atoms with E-state index in [4.69, 9.17) is 21.6 Å². The molecule has 0 bridgehead atoms. The van der Waals surface area contributed by atoms with Gasteiger partial charge in [0.1, 0.15) is 5.75 Å². The van der Waals surface area contributed by atoms with Crippen molar-refractivity contribution in [2.24, 2.45) is 0 Å². The highest BCUT2D eigenvalue weighted by atomic mass is 35.5. The zero-order chi connectivity index (χ0) is 12.8. The second kappa shape index (κ2) is 6.12. The van der Waals surface area contributed by atoms with Crippen LogP contribution in [0.15, 0.2) is 18.2 Å². The van der Waals surface area contributed by atoms with Crippen molar-refractivity contribution in [2.75, 3.05) is 25.6 Å².